The van der Waals surface area contributed by atoms with Gasteiger partial charge in [-0.25, -0.2) is 0 Å². The number of aldehydes is 1. The Morgan fingerprint density at radius 2 is 2.15 bits per heavy atom. The molecule has 4 aliphatic carbocycles. The first-order valence-electron chi connectivity index (χ1n) is 10.5. The number of ether oxygens (including phenoxy) is 1. The summed E-state index contributed by atoms with van der Waals surface area (Å²) in [4.78, 5) is 25.9. The maximum absolute atomic E-state index is 13.1. The molecule has 0 saturated heterocycles. The number of carboxylic acid groups (broad SMARTS) is 1. The van der Waals surface area contributed by atoms with Crippen LogP contribution in [0.25, 0.3) is 0 Å². The van der Waals surface area contributed by atoms with Crippen molar-refractivity contribution in [1.82, 2.24) is 0 Å². The first-order valence-corrected chi connectivity index (χ1v) is 10.5. The third kappa shape index (κ3) is 1.97. The molecule has 4 aliphatic rings. The number of carboxylic acids is 1. The largest absolute Gasteiger partial charge is 0.481 e. The number of nitrogens with two attached hydrogens (primary N) is 1. The van der Waals surface area contributed by atoms with Crippen LogP contribution in [0.4, 0.5) is 0 Å². The van der Waals surface area contributed by atoms with Crippen molar-refractivity contribution in [3.63, 3.8) is 0 Å². The van der Waals surface area contributed by atoms with Crippen molar-refractivity contribution < 1.29 is 19.4 Å². The number of carbonyl (C=O) groups is 2. The monoisotopic (exact) mass is 375 g/mol. The molecule has 7 unspecified atom stereocenters. The molecule has 0 radical (unpaired) electrons. The van der Waals surface area contributed by atoms with E-state index in [1.165, 1.54) is 0 Å². The molecular formula is C22H33NO4. The van der Waals surface area contributed by atoms with Crippen LogP contribution < -0.4 is 5.73 Å². The fourth-order valence-electron chi connectivity index (χ4n) is 7.97. The summed E-state index contributed by atoms with van der Waals surface area (Å²) < 4.78 is 5.96. The second-order valence-electron chi connectivity index (χ2n) is 9.83. The molecule has 150 valence electrons. The fraction of sp³-hybridized carbons (Fsp3) is 0.818. The molecule has 4 bridgehead atoms. The van der Waals surface area contributed by atoms with E-state index in [0.29, 0.717) is 38.0 Å². The lowest BCUT2D eigenvalue weighted by atomic mass is 9.43. The maximum Gasteiger partial charge on any atom is 0.315 e. The standard InChI is InChI=1S/C22H33NO4/c1-13(2)18-8-15-9-20(11-24)17-5-4-14(3)16(17)10-21(15,12-27-7-6-23)22(18,20)19(25)26/h8,11,13-17H,4-7,9-10,12,23H2,1-3H3,(H,25,26). The number of hydrogen-bond acceptors (Lipinski definition) is 4. The van der Waals surface area contributed by atoms with Gasteiger partial charge in [-0.1, -0.05) is 38.8 Å². The van der Waals surface area contributed by atoms with Gasteiger partial charge < -0.3 is 20.4 Å². The predicted octanol–water partition coefficient (Wildman–Crippen LogP) is 2.89. The smallest absolute Gasteiger partial charge is 0.315 e. The lowest BCUT2D eigenvalue weighted by Crippen LogP contribution is -2.63. The van der Waals surface area contributed by atoms with Crippen molar-refractivity contribution in [2.24, 2.45) is 51.6 Å². The second kappa shape index (κ2) is 6.15. The van der Waals surface area contributed by atoms with E-state index in [1.807, 2.05) is 0 Å². The number of hydrogen-bond donors (Lipinski definition) is 2. The van der Waals surface area contributed by atoms with Crippen LogP contribution in [0.3, 0.4) is 0 Å². The first kappa shape index (κ1) is 19.1. The zero-order valence-electron chi connectivity index (χ0n) is 16.7. The van der Waals surface area contributed by atoms with Gasteiger partial charge in [0.15, 0.2) is 0 Å². The Morgan fingerprint density at radius 3 is 2.74 bits per heavy atom. The van der Waals surface area contributed by atoms with E-state index in [2.05, 4.69) is 26.8 Å². The average Bonchev–Trinajstić information content (AvgIpc) is 3.19. The van der Waals surface area contributed by atoms with Gasteiger partial charge in [0.2, 0.25) is 0 Å². The van der Waals surface area contributed by atoms with Crippen molar-refractivity contribution in [3.05, 3.63) is 11.6 Å². The molecule has 27 heavy (non-hydrogen) atoms. The Hall–Kier alpha value is -1.20. The van der Waals surface area contributed by atoms with Gasteiger partial charge in [-0.3, -0.25) is 4.79 Å². The zero-order chi connectivity index (χ0) is 19.6. The summed E-state index contributed by atoms with van der Waals surface area (Å²) in [7, 11) is 0. The summed E-state index contributed by atoms with van der Waals surface area (Å²) in [6, 6.07) is 0. The predicted molar refractivity (Wildman–Crippen MR) is 102 cm³/mol. The van der Waals surface area contributed by atoms with Gasteiger partial charge in [-0.2, -0.15) is 0 Å². The van der Waals surface area contributed by atoms with Gasteiger partial charge in [0.1, 0.15) is 11.7 Å². The number of carbonyl (C=O) groups excluding carboxylic acids is 1. The van der Waals surface area contributed by atoms with Crippen LogP contribution in [0.15, 0.2) is 11.6 Å². The van der Waals surface area contributed by atoms with E-state index in [4.69, 9.17) is 10.5 Å². The van der Waals surface area contributed by atoms with Crippen molar-refractivity contribution in [1.29, 1.82) is 0 Å². The summed E-state index contributed by atoms with van der Waals surface area (Å²) in [5, 5.41) is 10.7. The van der Waals surface area contributed by atoms with Gasteiger partial charge in [0.25, 0.3) is 0 Å². The van der Waals surface area contributed by atoms with Crippen LogP contribution in [0.5, 0.6) is 0 Å². The van der Waals surface area contributed by atoms with E-state index < -0.39 is 22.2 Å². The van der Waals surface area contributed by atoms with Gasteiger partial charge in [-0.15, -0.1) is 0 Å². The molecule has 5 heteroatoms. The van der Waals surface area contributed by atoms with E-state index in [1.54, 1.807) is 0 Å². The van der Waals surface area contributed by atoms with E-state index >= 15 is 0 Å². The molecule has 3 fully saturated rings. The number of rotatable bonds is 7. The van der Waals surface area contributed by atoms with Crippen molar-refractivity contribution in [3.8, 4) is 0 Å². The highest BCUT2D eigenvalue weighted by Crippen LogP contribution is 2.82. The minimum absolute atomic E-state index is 0.103. The molecule has 4 rings (SSSR count). The van der Waals surface area contributed by atoms with Crippen LogP contribution in [0, 0.1) is 45.8 Å². The average molecular weight is 376 g/mol. The summed E-state index contributed by atoms with van der Waals surface area (Å²) in [6.45, 7) is 7.64. The van der Waals surface area contributed by atoms with Gasteiger partial charge in [0, 0.05) is 12.0 Å². The van der Waals surface area contributed by atoms with Gasteiger partial charge in [-0.05, 0) is 48.9 Å². The van der Waals surface area contributed by atoms with Crippen molar-refractivity contribution in [2.45, 2.75) is 46.5 Å². The second-order valence-corrected chi connectivity index (χ2v) is 9.83. The summed E-state index contributed by atoms with van der Waals surface area (Å²) in [5.41, 5.74) is 4.17. The van der Waals surface area contributed by atoms with Crippen molar-refractivity contribution in [2.75, 3.05) is 19.8 Å². The van der Waals surface area contributed by atoms with Crippen LogP contribution in [0.1, 0.15) is 46.5 Å². The molecule has 0 spiro atoms. The molecule has 0 aromatic carbocycles. The van der Waals surface area contributed by atoms with Crippen molar-refractivity contribution >= 4 is 12.3 Å². The highest BCUT2D eigenvalue weighted by atomic mass is 16.5. The Kier molecular flexibility index (Phi) is 4.36. The quantitative estimate of drug-likeness (QED) is 0.406. The molecule has 0 aromatic heterocycles. The van der Waals surface area contributed by atoms with E-state index in [-0.39, 0.29) is 17.8 Å². The lowest BCUT2D eigenvalue weighted by molar-refractivity contribution is -0.186. The van der Waals surface area contributed by atoms with Crippen LogP contribution in [0.2, 0.25) is 0 Å². The molecule has 0 heterocycles. The highest BCUT2D eigenvalue weighted by molar-refractivity contribution is 5.90. The molecule has 3 saturated carbocycles. The number of allylic oxidation sites excluding steroid dienone is 1. The topological polar surface area (TPSA) is 89.6 Å². The third-order valence-electron chi connectivity index (χ3n) is 8.74. The Labute approximate surface area is 161 Å². The number of aliphatic carboxylic acids is 1. The minimum atomic E-state index is -1.12. The Balaban J connectivity index is 1.94. The number of fused-ring (bicyclic) bond motifs is 2. The molecule has 3 N–H and O–H groups in total. The first-order chi connectivity index (χ1) is 12.8. The third-order valence-corrected chi connectivity index (χ3v) is 8.74. The Morgan fingerprint density at radius 1 is 1.41 bits per heavy atom. The van der Waals surface area contributed by atoms with Gasteiger partial charge >= 0.3 is 5.97 Å². The van der Waals surface area contributed by atoms with E-state index in [0.717, 1.165) is 31.1 Å². The van der Waals surface area contributed by atoms with Crippen LogP contribution in [-0.2, 0) is 14.3 Å². The lowest BCUT2D eigenvalue weighted by Gasteiger charge is -2.58. The Bertz CT molecular complexity index is 688. The van der Waals surface area contributed by atoms with Crippen LogP contribution in [-0.4, -0.2) is 37.1 Å². The molecule has 0 aromatic rings. The van der Waals surface area contributed by atoms with Gasteiger partial charge in [0.05, 0.1) is 18.6 Å². The molecule has 5 nitrogen and oxygen atoms in total. The fourth-order valence-corrected chi connectivity index (χ4v) is 7.97. The normalized spacial score (nSPS) is 47.2. The SMILES string of the molecule is CC(C)C1=CC2CC3(C=O)C4CCC(C)C4CC2(COCCN)C13C(=O)O. The minimum Gasteiger partial charge on any atom is -0.481 e. The molecular weight excluding hydrogens is 342 g/mol. The summed E-state index contributed by atoms with van der Waals surface area (Å²) in [5.74, 6) is 0.519. The maximum atomic E-state index is 13.1. The van der Waals surface area contributed by atoms with Crippen LogP contribution >= 0.6 is 0 Å². The summed E-state index contributed by atoms with van der Waals surface area (Å²) >= 11 is 0. The molecule has 7 atom stereocenters. The zero-order valence-corrected chi connectivity index (χ0v) is 16.7. The molecule has 0 aliphatic heterocycles. The summed E-state index contributed by atoms with van der Waals surface area (Å²) in [6.07, 6.45) is 6.84. The van der Waals surface area contributed by atoms with E-state index in [9.17, 15) is 14.7 Å². The molecule has 0 amide bonds. The highest BCUT2D eigenvalue weighted by Gasteiger charge is 2.84.